The van der Waals surface area contributed by atoms with Gasteiger partial charge < -0.3 is 16.0 Å². The summed E-state index contributed by atoms with van der Waals surface area (Å²) in [6.07, 6.45) is -4.15. The van der Waals surface area contributed by atoms with Crippen LogP contribution in [-0.2, 0) is 17.6 Å². The lowest BCUT2D eigenvalue weighted by Gasteiger charge is -2.21. The first kappa shape index (κ1) is 16.9. The third kappa shape index (κ3) is 3.64. The number of fused-ring (bicyclic) bond motifs is 1. The Morgan fingerprint density at radius 1 is 1.32 bits per heavy atom. The summed E-state index contributed by atoms with van der Waals surface area (Å²) in [5, 5.41) is 3.61. The minimum absolute atomic E-state index is 0.0169. The van der Waals surface area contributed by atoms with Crippen LogP contribution < -0.4 is 11.1 Å². The van der Waals surface area contributed by atoms with Gasteiger partial charge in [-0.05, 0) is 30.0 Å². The van der Waals surface area contributed by atoms with Crippen LogP contribution in [0.1, 0.15) is 11.1 Å². The van der Waals surface area contributed by atoms with Gasteiger partial charge in [-0.3, -0.25) is 4.79 Å². The van der Waals surface area contributed by atoms with E-state index < -0.39 is 12.1 Å². The number of hydrogen-bond donors (Lipinski definition) is 2. The Morgan fingerprint density at radius 2 is 2.00 bits per heavy atom. The van der Waals surface area contributed by atoms with Crippen LogP contribution in [0.2, 0.25) is 5.02 Å². The van der Waals surface area contributed by atoms with Gasteiger partial charge in [-0.1, -0.05) is 17.7 Å². The number of benzene rings is 1. The molecule has 1 aromatic carbocycles. The molecule has 1 amide bonds. The summed E-state index contributed by atoms with van der Waals surface area (Å²) in [5.74, 6) is -1.79. The molecule has 1 heterocycles. The molecule has 0 aromatic heterocycles. The fourth-order valence-corrected chi connectivity index (χ4v) is 2.81. The van der Waals surface area contributed by atoms with Crippen molar-refractivity contribution in [1.82, 2.24) is 4.90 Å². The molecule has 0 radical (unpaired) electrons. The summed E-state index contributed by atoms with van der Waals surface area (Å²) in [7, 11) is 0. The smallest absolute Gasteiger partial charge is 0.382 e. The number of hydrogen-bond acceptors (Lipinski definition) is 3. The normalized spacial score (nSPS) is 15.2. The minimum Gasteiger partial charge on any atom is -0.382 e. The molecular formula is C14H17ClF3N3O. The molecule has 3 N–H and O–H groups in total. The average molecular weight is 336 g/mol. The van der Waals surface area contributed by atoms with Gasteiger partial charge >= 0.3 is 12.1 Å². The minimum atomic E-state index is -4.84. The molecule has 2 rings (SSSR count). The number of nitrogens with two attached hydrogens (primary N) is 1. The Bertz CT molecular complexity index is 563. The van der Waals surface area contributed by atoms with E-state index in [1.807, 2.05) is 0 Å². The van der Waals surface area contributed by atoms with Crippen molar-refractivity contribution in [2.75, 3.05) is 31.5 Å². The molecule has 0 fully saturated rings. The number of carbonyl (C=O) groups is 1. The van der Waals surface area contributed by atoms with Crippen LogP contribution in [-0.4, -0.2) is 43.2 Å². The number of carbonyl (C=O) groups excluding carboxylic acids is 1. The number of rotatable bonds is 3. The predicted molar refractivity (Wildman–Crippen MR) is 79.0 cm³/mol. The van der Waals surface area contributed by atoms with Gasteiger partial charge in [0.2, 0.25) is 0 Å². The standard InChI is InChI=1S/C14H17ClF3N3O/c15-11-2-1-9-3-7-21(13(22)14(16,17)18)8-4-10(9)12(11)20-6-5-19/h1-2,20H,3-8,19H2. The highest BCUT2D eigenvalue weighted by atomic mass is 35.5. The van der Waals surface area contributed by atoms with Crippen LogP contribution in [0.4, 0.5) is 18.9 Å². The maximum absolute atomic E-state index is 12.6. The van der Waals surface area contributed by atoms with Crippen molar-refractivity contribution in [3.8, 4) is 0 Å². The van der Waals surface area contributed by atoms with E-state index in [1.165, 1.54) is 0 Å². The molecule has 1 aliphatic heterocycles. The average Bonchev–Trinajstić information content (AvgIpc) is 2.67. The van der Waals surface area contributed by atoms with Gasteiger partial charge in [-0.15, -0.1) is 0 Å². The summed E-state index contributed by atoms with van der Waals surface area (Å²) in [6.45, 7) is 0.992. The summed E-state index contributed by atoms with van der Waals surface area (Å²) in [5.41, 5.74) is 7.92. The third-order valence-electron chi connectivity index (χ3n) is 3.62. The van der Waals surface area contributed by atoms with Crippen molar-refractivity contribution in [2.24, 2.45) is 5.73 Å². The molecular weight excluding hydrogens is 319 g/mol. The molecule has 0 saturated heterocycles. The monoisotopic (exact) mass is 335 g/mol. The SMILES string of the molecule is NCCNc1c(Cl)ccc2c1CCN(C(=O)C(F)(F)F)CC2. The highest BCUT2D eigenvalue weighted by Crippen LogP contribution is 2.32. The van der Waals surface area contributed by atoms with E-state index in [0.717, 1.165) is 16.0 Å². The number of alkyl halides is 3. The van der Waals surface area contributed by atoms with Gasteiger partial charge in [0.15, 0.2) is 0 Å². The van der Waals surface area contributed by atoms with Crippen LogP contribution in [0.3, 0.4) is 0 Å². The van der Waals surface area contributed by atoms with E-state index in [-0.39, 0.29) is 13.1 Å². The first-order valence-electron chi connectivity index (χ1n) is 6.95. The van der Waals surface area contributed by atoms with E-state index in [2.05, 4.69) is 5.32 Å². The largest absolute Gasteiger partial charge is 0.471 e. The van der Waals surface area contributed by atoms with Crippen molar-refractivity contribution in [2.45, 2.75) is 19.0 Å². The second-order valence-corrected chi connectivity index (χ2v) is 5.47. The fraction of sp³-hybridized carbons (Fsp3) is 0.500. The fourth-order valence-electron chi connectivity index (χ4n) is 2.57. The predicted octanol–water partition coefficient (Wildman–Crippen LogP) is 2.20. The van der Waals surface area contributed by atoms with E-state index in [0.29, 0.717) is 36.6 Å². The van der Waals surface area contributed by atoms with Crippen LogP contribution in [0, 0.1) is 0 Å². The molecule has 0 bridgehead atoms. The summed E-state index contributed by atoms with van der Waals surface area (Å²) in [6, 6.07) is 3.51. The number of amides is 1. The van der Waals surface area contributed by atoms with Gasteiger partial charge in [-0.2, -0.15) is 13.2 Å². The Balaban J connectivity index is 2.23. The topological polar surface area (TPSA) is 58.4 Å². The van der Waals surface area contributed by atoms with Gasteiger partial charge in [0.05, 0.1) is 10.7 Å². The van der Waals surface area contributed by atoms with E-state index in [1.54, 1.807) is 12.1 Å². The Hall–Kier alpha value is -1.47. The lowest BCUT2D eigenvalue weighted by atomic mass is 10.0. The Labute approximate surface area is 131 Å². The van der Waals surface area contributed by atoms with E-state index in [9.17, 15) is 18.0 Å². The lowest BCUT2D eigenvalue weighted by molar-refractivity contribution is -0.185. The highest BCUT2D eigenvalue weighted by Gasteiger charge is 2.42. The van der Waals surface area contributed by atoms with E-state index in [4.69, 9.17) is 17.3 Å². The molecule has 0 aliphatic carbocycles. The molecule has 22 heavy (non-hydrogen) atoms. The third-order valence-corrected chi connectivity index (χ3v) is 3.93. The van der Waals surface area contributed by atoms with Crippen LogP contribution in [0.15, 0.2) is 12.1 Å². The van der Waals surface area contributed by atoms with Gasteiger partial charge in [0, 0.05) is 26.2 Å². The van der Waals surface area contributed by atoms with Gasteiger partial charge in [0.1, 0.15) is 0 Å². The molecule has 122 valence electrons. The van der Waals surface area contributed by atoms with Gasteiger partial charge in [0.25, 0.3) is 0 Å². The number of nitrogens with zero attached hydrogens (tertiary/aromatic N) is 1. The highest BCUT2D eigenvalue weighted by molar-refractivity contribution is 6.33. The second kappa shape index (κ2) is 6.75. The second-order valence-electron chi connectivity index (χ2n) is 5.07. The van der Waals surface area contributed by atoms with Crippen molar-refractivity contribution in [1.29, 1.82) is 0 Å². The molecule has 0 spiro atoms. The molecule has 1 aliphatic rings. The lowest BCUT2D eigenvalue weighted by Crippen LogP contribution is -2.42. The number of halogens is 4. The molecule has 0 unspecified atom stereocenters. The maximum atomic E-state index is 12.6. The summed E-state index contributed by atoms with van der Waals surface area (Å²) >= 11 is 6.16. The van der Waals surface area contributed by atoms with Crippen molar-refractivity contribution < 1.29 is 18.0 Å². The first-order chi connectivity index (χ1) is 10.3. The van der Waals surface area contributed by atoms with Crippen LogP contribution >= 0.6 is 11.6 Å². The number of nitrogens with one attached hydrogen (secondary N) is 1. The maximum Gasteiger partial charge on any atom is 0.471 e. The van der Waals surface area contributed by atoms with Crippen molar-refractivity contribution in [3.63, 3.8) is 0 Å². The summed E-state index contributed by atoms with van der Waals surface area (Å²) in [4.78, 5) is 12.2. The van der Waals surface area contributed by atoms with Gasteiger partial charge in [-0.25, -0.2) is 0 Å². The molecule has 8 heteroatoms. The molecule has 4 nitrogen and oxygen atoms in total. The zero-order valence-electron chi connectivity index (χ0n) is 11.8. The zero-order chi connectivity index (χ0) is 16.3. The van der Waals surface area contributed by atoms with E-state index >= 15 is 0 Å². The Morgan fingerprint density at radius 3 is 2.64 bits per heavy atom. The first-order valence-corrected chi connectivity index (χ1v) is 7.32. The number of anilines is 1. The summed E-state index contributed by atoms with van der Waals surface area (Å²) < 4.78 is 37.7. The molecule has 0 saturated carbocycles. The van der Waals surface area contributed by atoms with Crippen molar-refractivity contribution in [3.05, 3.63) is 28.3 Å². The zero-order valence-corrected chi connectivity index (χ0v) is 12.6. The van der Waals surface area contributed by atoms with Crippen LogP contribution in [0.5, 0.6) is 0 Å². The molecule has 1 aromatic rings. The quantitative estimate of drug-likeness (QED) is 0.890. The van der Waals surface area contributed by atoms with Crippen molar-refractivity contribution >= 4 is 23.2 Å². The Kier molecular flexibility index (Phi) is 5.18. The molecule has 0 atom stereocenters. The van der Waals surface area contributed by atoms with Crippen LogP contribution in [0.25, 0.3) is 0 Å².